The van der Waals surface area contributed by atoms with Crippen LogP contribution in [0.15, 0.2) is 92.6 Å². The monoisotopic (exact) mass is 516 g/mol. The first-order valence-electron chi connectivity index (χ1n) is 10.8. The molecule has 35 heavy (non-hydrogen) atoms. The number of hydrogen-bond donors (Lipinski definition) is 1. The number of hydrazone groups is 1. The van der Waals surface area contributed by atoms with Gasteiger partial charge in [-0.2, -0.15) is 5.10 Å². The maximum Gasteiger partial charge on any atom is 0.323 e. The first-order chi connectivity index (χ1) is 17.2. The third-order valence-electron chi connectivity index (χ3n) is 5.30. The van der Waals surface area contributed by atoms with Crippen molar-refractivity contribution in [3.63, 3.8) is 0 Å². The fraction of sp³-hybridized carbons (Fsp3) is 0.0769. The fourth-order valence-corrected chi connectivity index (χ4v) is 6.53. The normalized spacial score (nSPS) is 11.4. The second kappa shape index (κ2) is 10.9. The zero-order valence-corrected chi connectivity index (χ0v) is 20.9. The van der Waals surface area contributed by atoms with E-state index in [0.29, 0.717) is 5.56 Å². The van der Waals surface area contributed by atoms with Crippen molar-refractivity contribution >= 4 is 68.5 Å². The quantitative estimate of drug-likeness (QED) is 0.180. The lowest BCUT2D eigenvalue weighted by Crippen LogP contribution is -2.19. The Morgan fingerprint density at radius 2 is 1.71 bits per heavy atom. The number of fused-ring (bicyclic) bond motifs is 2. The van der Waals surface area contributed by atoms with Crippen molar-refractivity contribution in [2.45, 2.75) is 14.4 Å². The van der Waals surface area contributed by atoms with E-state index in [2.05, 4.69) is 57.1 Å². The lowest BCUT2D eigenvalue weighted by Gasteiger charge is -2.12. The van der Waals surface area contributed by atoms with Crippen LogP contribution in [-0.4, -0.2) is 23.0 Å². The Labute approximate surface area is 214 Å². The molecular formula is C26H20N4O2S3. The van der Waals surface area contributed by atoms with Crippen molar-refractivity contribution < 1.29 is 15.0 Å². The van der Waals surface area contributed by atoms with Crippen LogP contribution in [0.3, 0.4) is 0 Å². The van der Waals surface area contributed by atoms with Gasteiger partial charge in [0.2, 0.25) is 4.34 Å². The van der Waals surface area contributed by atoms with E-state index in [1.165, 1.54) is 51.7 Å². The van der Waals surface area contributed by atoms with Crippen molar-refractivity contribution in [3.8, 4) is 5.75 Å². The van der Waals surface area contributed by atoms with E-state index in [1.54, 1.807) is 17.8 Å². The smallest absolute Gasteiger partial charge is 0.323 e. The summed E-state index contributed by atoms with van der Waals surface area (Å²) in [6.07, 6.45) is 1.41. The number of rotatable bonds is 8. The van der Waals surface area contributed by atoms with Crippen LogP contribution in [0.4, 0.5) is 0 Å². The first-order valence-corrected chi connectivity index (χ1v) is 13.6. The van der Waals surface area contributed by atoms with Crippen LogP contribution >= 0.6 is 34.9 Å². The number of aromatic amines is 1. The second-order valence-corrected chi connectivity index (χ2v) is 11.1. The molecule has 9 heteroatoms. The van der Waals surface area contributed by atoms with Gasteiger partial charge in [-0.05, 0) is 55.8 Å². The minimum atomic E-state index is -0.265. The molecule has 1 aromatic heterocycles. The van der Waals surface area contributed by atoms with E-state index in [9.17, 15) is 9.90 Å². The van der Waals surface area contributed by atoms with Gasteiger partial charge in [0.05, 0.1) is 12.0 Å². The summed E-state index contributed by atoms with van der Waals surface area (Å²) in [5, 5.41) is 27.8. The number of amides is 1. The number of benzene rings is 4. The van der Waals surface area contributed by atoms with Crippen LogP contribution in [0.25, 0.3) is 21.5 Å². The van der Waals surface area contributed by atoms with Gasteiger partial charge in [-0.3, -0.25) is 4.79 Å². The van der Waals surface area contributed by atoms with E-state index < -0.39 is 0 Å². The van der Waals surface area contributed by atoms with Crippen molar-refractivity contribution in [2.24, 2.45) is 5.10 Å². The summed E-state index contributed by atoms with van der Waals surface area (Å²) >= 11 is 4.55. The predicted octanol–water partition coefficient (Wildman–Crippen LogP) is 4.87. The molecule has 0 bridgehead atoms. The molecule has 0 unspecified atom stereocenters. The number of nitrogens with zero attached hydrogens (tertiary/aromatic N) is 2. The van der Waals surface area contributed by atoms with Gasteiger partial charge in [-0.25, -0.2) is 5.43 Å². The Bertz CT molecular complexity index is 1530. The van der Waals surface area contributed by atoms with Crippen molar-refractivity contribution in [1.29, 1.82) is 0 Å². The van der Waals surface area contributed by atoms with Gasteiger partial charge >= 0.3 is 4.34 Å². The highest BCUT2D eigenvalue weighted by Crippen LogP contribution is 2.30. The molecule has 4 aromatic carbocycles. The molecule has 2 N–H and O–H groups in total. The Balaban J connectivity index is 1.14. The van der Waals surface area contributed by atoms with Gasteiger partial charge in [0.15, 0.2) is 0 Å². The van der Waals surface area contributed by atoms with E-state index >= 15 is 0 Å². The molecule has 6 nitrogen and oxygen atoms in total. The number of H-pyrrole nitrogens is 1. The largest absolute Gasteiger partial charge is 0.872 e. The van der Waals surface area contributed by atoms with Crippen LogP contribution in [0.5, 0.6) is 5.75 Å². The van der Waals surface area contributed by atoms with Gasteiger partial charge < -0.3 is 5.11 Å². The summed E-state index contributed by atoms with van der Waals surface area (Å²) in [5.41, 5.74) is 4.22. The molecule has 0 aliphatic heterocycles. The summed E-state index contributed by atoms with van der Waals surface area (Å²) in [6, 6.07) is 25.6. The Morgan fingerprint density at radius 3 is 2.57 bits per heavy atom. The highest BCUT2D eigenvalue weighted by atomic mass is 32.2. The highest BCUT2D eigenvalue weighted by Gasteiger charge is 2.14. The van der Waals surface area contributed by atoms with Gasteiger partial charge in [0.25, 0.3) is 5.91 Å². The Hall–Kier alpha value is -3.40. The van der Waals surface area contributed by atoms with E-state index in [-0.39, 0.29) is 17.4 Å². The number of thioether (sulfide) groups is 2. The molecule has 0 atom stereocenters. The van der Waals surface area contributed by atoms with E-state index in [0.717, 1.165) is 25.2 Å². The Kier molecular flexibility index (Phi) is 7.27. The van der Waals surface area contributed by atoms with Crippen molar-refractivity contribution in [3.05, 3.63) is 90.0 Å². The number of hydrogen-bond acceptors (Lipinski definition) is 7. The minimum absolute atomic E-state index is 0.136. The molecule has 0 aliphatic rings. The van der Waals surface area contributed by atoms with Gasteiger partial charge in [-0.1, -0.05) is 101 Å². The average Bonchev–Trinajstić information content (AvgIpc) is 3.35. The molecule has 0 aliphatic carbocycles. The zero-order valence-electron chi connectivity index (χ0n) is 18.4. The van der Waals surface area contributed by atoms with Crippen LogP contribution in [0.2, 0.25) is 0 Å². The molecule has 5 aromatic rings. The summed E-state index contributed by atoms with van der Waals surface area (Å²) in [7, 11) is 0. The standard InChI is InChI=1S/C26H20N4O2S3/c31-23-13-12-18-7-2-4-11-21(18)22(23)14-27-28-24(32)16-34-26-30-29-25(35-26)33-15-19-9-5-8-17-6-1-3-10-20(17)19/h1-14,31H,15-16H2,(H,28,32). The maximum absolute atomic E-state index is 12.2. The molecule has 1 amide bonds. The second-order valence-electron chi connectivity index (χ2n) is 7.59. The predicted molar refractivity (Wildman–Crippen MR) is 142 cm³/mol. The number of carbonyl (C=O) groups excluding carboxylic acids is 1. The van der Waals surface area contributed by atoms with Crippen LogP contribution in [0, 0.1) is 0 Å². The topological polar surface area (TPSA) is 91.6 Å². The summed E-state index contributed by atoms with van der Waals surface area (Å²) in [5.74, 6) is 0.600. The third-order valence-corrected chi connectivity index (χ3v) is 8.60. The molecule has 1 heterocycles. The molecule has 174 valence electrons. The third kappa shape index (κ3) is 5.64. The summed E-state index contributed by atoms with van der Waals surface area (Å²) in [6.45, 7) is 0. The van der Waals surface area contributed by atoms with Gasteiger partial charge in [0.1, 0.15) is 0 Å². The van der Waals surface area contributed by atoms with E-state index in [4.69, 9.17) is 0 Å². The zero-order chi connectivity index (χ0) is 24.0. The number of nitrogens with one attached hydrogen (secondary N) is 2. The fourth-order valence-electron chi connectivity index (χ4n) is 3.64. The highest BCUT2D eigenvalue weighted by molar-refractivity contribution is 8.03. The average molecular weight is 517 g/mol. The summed E-state index contributed by atoms with van der Waals surface area (Å²) in [4.78, 5) is 12.2. The molecule has 0 fully saturated rings. The molecule has 5 rings (SSSR count). The van der Waals surface area contributed by atoms with E-state index in [1.807, 2.05) is 30.3 Å². The summed E-state index contributed by atoms with van der Waals surface area (Å²) < 4.78 is 1.76. The lowest BCUT2D eigenvalue weighted by atomic mass is 10.0. The SMILES string of the molecule is O=C(CSc1n[nH+]c(SCc2cccc3ccccc23)s1)NN=Cc1c([O-])ccc2ccccc12. The molecule has 0 radical (unpaired) electrons. The van der Waals surface area contributed by atoms with Crippen molar-refractivity contribution in [2.75, 3.05) is 5.75 Å². The first kappa shape index (κ1) is 23.3. The Morgan fingerprint density at radius 1 is 0.971 bits per heavy atom. The lowest BCUT2D eigenvalue weighted by molar-refractivity contribution is -0.492. The minimum Gasteiger partial charge on any atom is -0.872 e. The molecular weight excluding hydrogens is 497 g/mol. The number of aromatic nitrogens is 2. The molecule has 0 saturated carbocycles. The van der Waals surface area contributed by atoms with Crippen LogP contribution in [0.1, 0.15) is 11.1 Å². The van der Waals surface area contributed by atoms with Crippen LogP contribution < -0.4 is 15.6 Å². The molecule has 0 saturated heterocycles. The van der Waals surface area contributed by atoms with Crippen molar-refractivity contribution in [1.82, 2.24) is 10.5 Å². The van der Waals surface area contributed by atoms with Gasteiger partial charge in [0, 0.05) is 10.9 Å². The molecule has 0 spiro atoms. The van der Waals surface area contributed by atoms with Crippen LogP contribution in [-0.2, 0) is 10.5 Å². The number of carbonyl (C=O) groups is 1. The van der Waals surface area contributed by atoms with Gasteiger partial charge in [-0.15, -0.1) is 0 Å². The maximum atomic E-state index is 12.2.